The van der Waals surface area contributed by atoms with E-state index in [0.717, 1.165) is 23.5 Å². The summed E-state index contributed by atoms with van der Waals surface area (Å²) < 4.78 is 10.6. The Morgan fingerprint density at radius 1 is 1.33 bits per heavy atom. The molecule has 0 aliphatic carbocycles. The van der Waals surface area contributed by atoms with Crippen LogP contribution in [0.25, 0.3) is 0 Å². The normalized spacial score (nSPS) is 22.7. The molecule has 1 heterocycles. The molecular formula is C14H19NO3. The van der Waals surface area contributed by atoms with Crippen LogP contribution in [0.4, 0.5) is 0 Å². The van der Waals surface area contributed by atoms with Crippen LogP contribution < -0.4 is 14.8 Å². The molecule has 2 unspecified atom stereocenters. The van der Waals surface area contributed by atoms with Crippen molar-refractivity contribution in [2.75, 3.05) is 14.2 Å². The molecule has 1 amide bonds. The van der Waals surface area contributed by atoms with Gasteiger partial charge in [-0.1, -0.05) is 6.92 Å². The van der Waals surface area contributed by atoms with Gasteiger partial charge in [-0.3, -0.25) is 4.79 Å². The number of benzene rings is 1. The fourth-order valence-corrected chi connectivity index (χ4v) is 2.55. The van der Waals surface area contributed by atoms with Crippen molar-refractivity contribution in [3.8, 4) is 11.5 Å². The highest BCUT2D eigenvalue weighted by Gasteiger charge is 2.34. The molecule has 1 fully saturated rings. The summed E-state index contributed by atoms with van der Waals surface area (Å²) in [5.41, 5.74) is 1.04. The summed E-state index contributed by atoms with van der Waals surface area (Å²) in [5, 5.41) is 3.01. The zero-order valence-corrected chi connectivity index (χ0v) is 11.0. The van der Waals surface area contributed by atoms with E-state index in [2.05, 4.69) is 12.2 Å². The van der Waals surface area contributed by atoms with Gasteiger partial charge in [0.25, 0.3) is 0 Å². The molecule has 0 aromatic heterocycles. The summed E-state index contributed by atoms with van der Waals surface area (Å²) in [6.45, 7) is 2.08. The van der Waals surface area contributed by atoms with Gasteiger partial charge >= 0.3 is 0 Å². The number of hydrogen-bond acceptors (Lipinski definition) is 3. The van der Waals surface area contributed by atoms with Gasteiger partial charge in [0.05, 0.1) is 14.2 Å². The molecule has 1 aromatic carbocycles. The van der Waals surface area contributed by atoms with E-state index >= 15 is 0 Å². The molecule has 0 radical (unpaired) electrons. The van der Waals surface area contributed by atoms with E-state index in [0.29, 0.717) is 6.42 Å². The van der Waals surface area contributed by atoms with Crippen molar-refractivity contribution in [2.45, 2.75) is 31.7 Å². The summed E-state index contributed by atoms with van der Waals surface area (Å²) in [5.74, 6) is 1.88. The Morgan fingerprint density at radius 2 is 2.11 bits per heavy atom. The van der Waals surface area contributed by atoms with E-state index in [1.54, 1.807) is 14.2 Å². The highest BCUT2D eigenvalue weighted by Crippen LogP contribution is 2.37. The van der Waals surface area contributed by atoms with Crippen LogP contribution in [0.15, 0.2) is 18.2 Å². The number of ether oxygens (including phenoxy) is 2. The molecule has 18 heavy (non-hydrogen) atoms. The smallest absolute Gasteiger partial charge is 0.220 e. The lowest BCUT2D eigenvalue weighted by molar-refractivity contribution is -0.119. The van der Waals surface area contributed by atoms with Crippen molar-refractivity contribution in [1.82, 2.24) is 5.32 Å². The van der Waals surface area contributed by atoms with Crippen molar-refractivity contribution in [1.29, 1.82) is 0 Å². The molecule has 1 saturated heterocycles. The van der Waals surface area contributed by atoms with Crippen LogP contribution in [0.5, 0.6) is 11.5 Å². The lowest BCUT2D eigenvalue weighted by Gasteiger charge is -2.20. The van der Waals surface area contributed by atoms with Crippen LogP contribution in [0.2, 0.25) is 0 Å². The molecule has 0 spiro atoms. The molecule has 1 aliphatic heterocycles. The van der Waals surface area contributed by atoms with Crippen LogP contribution in [-0.2, 0) is 4.79 Å². The highest BCUT2D eigenvalue weighted by molar-refractivity contribution is 5.80. The average Bonchev–Trinajstić information content (AvgIpc) is 2.79. The Labute approximate surface area is 107 Å². The molecule has 1 aliphatic rings. The summed E-state index contributed by atoms with van der Waals surface area (Å²) in [7, 11) is 3.29. The maximum absolute atomic E-state index is 11.6. The van der Waals surface area contributed by atoms with E-state index in [1.165, 1.54) is 0 Å². The number of carbonyl (C=O) groups is 1. The number of hydrogen-bond donors (Lipinski definition) is 1. The quantitative estimate of drug-likeness (QED) is 0.888. The Balaban J connectivity index is 2.38. The third-order valence-corrected chi connectivity index (χ3v) is 3.51. The number of amides is 1. The lowest BCUT2D eigenvalue weighted by atomic mass is 9.89. The highest BCUT2D eigenvalue weighted by atomic mass is 16.5. The van der Waals surface area contributed by atoms with E-state index < -0.39 is 0 Å². The third kappa shape index (κ3) is 2.28. The molecule has 2 atom stereocenters. The molecule has 1 aromatic rings. The molecule has 98 valence electrons. The van der Waals surface area contributed by atoms with Gasteiger partial charge in [-0.2, -0.15) is 0 Å². The van der Waals surface area contributed by atoms with Gasteiger partial charge < -0.3 is 14.8 Å². The van der Waals surface area contributed by atoms with Gasteiger partial charge in [0, 0.05) is 23.9 Å². The maximum Gasteiger partial charge on any atom is 0.220 e. The van der Waals surface area contributed by atoms with Crippen molar-refractivity contribution >= 4 is 5.91 Å². The van der Waals surface area contributed by atoms with Gasteiger partial charge in [-0.05, 0) is 24.6 Å². The zero-order chi connectivity index (χ0) is 13.1. The Bertz CT molecular complexity index is 445. The van der Waals surface area contributed by atoms with Crippen LogP contribution in [0, 0.1) is 0 Å². The third-order valence-electron chi connectivity index (χ3n) is 3.51. The van der Waals surface area contributed by atoms with Crippen molar-refractivity contribution in [3.63, 3.8) is 0 Å². The van der Waals surface area contributed by atoms with Crippen molar-refractivity contribution in [3.05, 3.63) is 23.8 Å². The summed E-state index contributed by atoms with van der Waals surface area (Å²) in [6.07, 6.45) is 1.43. The first-order chi connectivity index (χ1) is 8.69. The number of rotatable bonds is 4. The van der Waals surface area contributed by atoms with Gasteiger partial charge in [0.1, 0.15) is 11.5 Å². The van der Waals surface area contributed by atoms with Gasteiger partial charge in [0.2, 0.25) is 5.91 Å². The van der Waals surface area contributed by atoms with Gasteiger partial charge in [0.15, 0.2) is 0 Å². The first-order valence-electron chi connectivity index (χ1n) is 6.20. The minimum absolute atomic E-state index is 0.108. The molecular weight excluding hydrogens is 230 g/mol. The van der Waals surface area contributed by atoms with E-state index in [-0.39, 0.29) is 17.9 Å². The Hall–Kier alpha value is -1.71. The van der Waals surface area contributed by atoms with Crippen LogP contribution in [0.1, 0.15) is 31.2 Å². The molecule has 0 saturated carbocycles. The average molecular weight is 249 g/mol. The minimum atomic E-state index is 0.108. The summed E-state index contributed by atoms with van der Waals surface area (Å²) in [6, 6.07) is 5.90. The number of carbonyl (C=O) groups excluding carboxylic acids is 1. The van der Waals surface area contributed by atoms with E-state index in [1.807, 2.05) is 18.2 Å². The van der Waals surface area contributed by atoms with Gasteiger partial charge in [-0.15, -0.1) is 0 Å². The second-order valence-electron chi connectivity index (χ2n) is 4.50. The Morgan fingerprint density at radius 3 is 2.72 bits per heavy atom. The zero-order valence-electron chi connectivity index (χ0n) is 11.0. The largest absolute Gasteiger partial charge is 0.497 e. The van der Waals surface area contributed by atoms with Crippen LogP contribution in [-0.4, -0.2) is 26.2 Å². The Kier molecular flexibility index (Phi) is 3.75. The minimum Gasteiger partial charge on any atom is -0.497 e. The predicted molar refractivity (Wildman–Crippen MR) is 69.1 cm³/mol. The lowest BCUT2D eigenvalue weighted by Crippen LogP contribution is -2.27. The SMILES string of the molecule is CCC1NC(=O)CC1c1cc(OC)ccc1OC. The standard InChI is InChI=1S/C14H19NO3/c1-4-12-10(8-14(16)15-12)11-7-9(17-2)5-6-13(11)18-3/h5-7,10,12H,4,8H2,1-3H3,(H,15,16). The fourth-order valence-electron chi connectivity index (χ4n) is 2.55. The second kappa shape index (κ2) is 5.29. The summed E-state index contributed by atoms with van der Waals surface area (Å²) >= 11 is 0. The van der Waals surface area contributed by atoms with Gasteiger partial charge in [-0.25, -0.2) is 0 Å². The molecule has 1 N–H and O–H groups in total. The topological polar surface area (TPSA) is 47.6 Å². The van der Waals surface area contributed by atoms with E-state index in [9.17, 15) is 4.79 Å². The molecule has 4 heteroatoms. The first-order valence-corrected chi connectivity index (χ1v) is 6.20. The van der Waals surface area contributed by atoms with Crippen LogP contribution >= 0.6 is 0 Å². The molecule has 0 bridgehead atoms. The number of nitrogens with one attached hydrogen (secondary N) is 1. The molecule has 2 rings (SSSR count). The monoisotopic (exact) mass is 249 g/mol. The maximum atomic E-state index is 11.6. The number of methoxy groups -OCH3 is 2. The van der Waals surface area contributed by atoms with Crippen molar-refractivity contribution in [2.24, 2.45) is 0 Å². The van der Waals surface area contributed by atoms with Crippen LogP contribution in [0.3, 0.4) is 0 Å². The van der Waals surface area contributed by atoms with E-state index in [4.69, 9.17) is 9.47 Å². The predicted octanol–water partition coefficient (Wildman–Crippen LogP) is 2.09. The molecule has 4 nitrogen and oxygen atoms in total. The second-order valence-corrected chi connectivity index (χ2v) is 4.50. The summed E-state index contributed by atoms with van der Waals surface area (Å²) in [4.78, 5) is 11.6. The van der Waals surface area contributed by atoms with Crippen molar-refractivity contribution < 1.29 is 14.3 Å². The fraction of sp³-hybridized carbons (Fsp3) is 0.500. The first kappa shape index (κ1) is 12.7.